The second-order valence-corrected chi connectivity index (χ2v) is 8.91. The summed E-state index contributed by atoms with van der Waals surface area (Å²) in [6.45, 7) is 3.64. The van der Waals surface area contributed by atoms with E-state index in [0.717, 1.165) is 53.3 Å². The second kappa shape index (κ2) is 7.81. The molecule has 1 saturated heterocycles. The minimum atomic E-state index is -0.289. The van der Waals surface area contributed by atoms with Crippen molar-refractivity contribution >= 4 is 33.3 Å². The smallest absolute Gasteiger partial charge is 0.261 e. The zero-order valence-corrected chi connectivity index (χ0v) is 18.2. The number of nitrogens with zero attached hydrogens (tertiary/aromatic N) is 5. The van der Waals surface area contributed by atoms with E-state index in [1.165, 1.54) is 23.5 Å². The minimum absolute atomic E-state index is 0.0666. The van der Waals surface area contributed by atoms with Crippen molar-refractivity contribution in [2.45, 2.75) is 25.8 Å². The predicted molar refractivity (Wildman–Crippen MR) is 120 cm³/mol. The molecule has 0 aliphatic carbocycles. The van der Waals surface area contributed by atoms with E-state index in [1.54, 1.807) is 23.0 Å². The standard InChI is InChI=1S/C22H23FN6OS/c1-14-18-12-19(31-22(18)29(26-14)17-7-5-15(23)6-8-17)21(30)25-16-4-3-11-28(13-16)20-9-10-24-27(20)2/h5-10,12,16H,3-4,11,13H2,1-2H3,(H,25,30)/t16-/m0/s1. The number of aryl methyl sites for hydroxylation is 2. The third-order valence-electron chi connectivity index (χ3n) is 5.72. The maximum atomic E-state index is 13.3. The largest absolute Gasteiger partial charge is 0.355 e. The second-order valence-electron chi connectivity index (χ2n) is 7.87. The molecule has 9 heteroatoms. The molecule has 0 saturated carbocycles. The molecule has 0 bridgehead atoms. The highest BCUT2D eigenvalue weighted by Gasteiger charge is 2.25. The number of aromatic nitrogens is 4. The minimum Gasteiger partial charge on any atom is -0.355 e. The van der Waals surface area contributed by atoms with Gasteiger partial charge in [-0.25, -0.2) is 9.07 Å². The van der Waals surface area contributed by atoms with Crippen LogP contribution in [0.2, 0.25) is 0 Å². The third-order valence-corrected chi connectivity index (χ3v) is 6.82. The van der Waals surface area contributed by atoms with Crippen LogP contribution in [0.4, 0.5) is 10.2 Å². The molecule has 1 fully saturated rings. The Bertz CT molecular complexity index is 1240. The first-order valence-electron chi connectivity index (χ1n) is 10.3. The van der Waals surface area contributed by atoms with Gasteiger partial charge >= 0.3 is 0 Å². The maximum Gasteiger partial charge on any atom is 0.261 e. The number of carbonyl (C=O) groups excluding carboxylic acids is 1. The molecule has 0 radical (unpaired) electrons. The van der Waals surface area contributed by atoms with Crippen molar-refractivity contribution in [3.63, 3.8) is 0 Å². The fraction of sp³-hybridized carbons (Fsp3) is 0.318. The first-order chi connectivity index (χ1) is 15.0. The summed E-state index contributed by atoms with van der Waals surface area (Å²) in [4.78, 5) is 16.8. The third kappa shape index (κ3) is 3.69. The van der Waals surface area contributed by atoms with Gasteiger partial charge in [0.15, 0.2) is 0 Å². The molecule has 3 aromatic heterocycles. The first kappa shape index (κ1) is 19.7. The maximum absolute atomic E-state index is 13.3. The van der Waals surface area contributed by atoms with Gasteiger partial charge in [0.2, 0.25) is 0 Å². The number of hydrogen-bond acceptors (Lipinski definition) is 5. The van der Waals surface area contributed by atoms with Gasteiger partial charge in [0.25, 0.3) is 5.91 Å². The number of thiophene rings is 1. The van der Waals surface area contributed by atoms with Crippen molar-refractivity contribution in [1.29, 1.82) is 0 Å². The first-order valence-corrected chi connectivity index (χ1v) is 11.1. The van der Waals surface area contributed by atoms with Crippen LogP contribution in [0.1, 0.15) is 28.2 Å². The van der Waals surface area contributed by atoms with Crippen LogP contribution >= 0.6 is 11.3 Å². The Hall–Kier alpha value is -3.20. The topological polar surface area (TPSA) is 68.0 Å². The highest BCUT2D eigenvalue weighted by Crippen LogP contribution is 2.30. The van der Waals surface area contributed by atoms with E-state index < -0.39 is 0 Å². The van der Waals surface area contributed by atoms with E-state index in [4.69, 9.17) is 0 Å². The molecule has 5 rings (SSSR count). The van der Waals surface area contributed by atoms with E-state index in [2.05, 4.69) is 20.4 Å². The molecule has 1 aliphatic heterocycles. The molecular formula is C22H23FN6OS. The summed E-state index contributed by atoms with van der Waals surface area (Å²) >= 11 is 1.41. The van der Waals surface area contributed by atoms with Crippen LogP contribution in [0.25, 0.3) is 15.9 Å². The van der Waals surface area contributed by atoms with Gasteiger partial charge in [-0.15, -0.1) is 11.3 Å². The quantitative estimate of drug-likeness (QED) is 0.528. The average Bonchev–Trinajstić information content (AvgIpc) is 3.46. The van der Waals surface area contributed by atoms with Crippen molar-refractivity contribution in [3.8, 4) is 5.69 Å². The fourth-order valence-electron chi connectivity index (χ4n) is 4.15. The average molecular weight is 439 g/mol. The summed E-state index contributed by atoms with van der Waals surface area (Å²) in [5, 5.41) is 13.0. The van der Waals surface area contributed by atoms with Crippen molar-refractivity contribution in [1.82, 2.24) is 24.9 Å². The molecule has 1 aliphatic rings. The molecule has 1 aromatic carbocycles. The Kier molecular flexibility index (Phi) is 4.97. The van der Waals surface area contributed by atoms with Crippen LogP contribution in [0.3, 0.4) is 0 Å². The van der Waals surface area contributed by atoms with Crippen molar-refractivity contribution < 1.29 is 9.18 Å². The van der Waals surface area contributed by atoms with Gasteiger partial charge in [0, 0.05) is 37.6 Å². The van der Waals surface area contributed by atoms with Crippen LogP contribution in [-0.4, -0.2) is 44.6 Å². The number of amides is 1. The van der Waals surface area contributed by atoms with Crippen LogP contribution in [0.5, 0.6) is 0 Å². The summed E-state index contributed by atoms with van der Waals surface area (Å²) in [5.41, 5.74) is 1.61. The number of benzene rings is 1. The summed E-state index contributed by atoms with van der Waals surface area (Å²) in [7, 11) is 1.93. The van der Waals surface area contributed by atoms with Crippen LogP contribution in [0.15, 0.2) is 42.6 Å². The number of hydrogen-bond donors (Lipinski definition) is 1. The SMILES string of the molecule is Cc1nn(-c2ccc(F)cc2)c2sc(C(=O)N[C@H]3CCCN(c4ccnn4C)C3)cc12. The van der Waals surface area contributed by atoms with Gasteiger partial charge in [-0.3, -0.25) is 9.48 Å². The highest BCUT2D eigenvalue weighted by molar-refractivity contribution is 7.20. The molecule has 4 heterocycles. The van der Waals surface area contributed by atoms with Gasteiger partial charge in [-0.2, -0.15) is 10.2 Å². The number of nitrogens with one attached hydrogen (secondary N) is 1. The summed E-state index contributed by atoms with van der Waals surface area (Å²) in [5.74, 6) is 0.710. The summed E-state index contributed by atoms with van der Waals surface area (Å²) in [6, 6.07) is 10.2. The Morgan fingerprint density at radius 1 is 1.26 bits per heavy atom. The van der Waals surface area contributed by atoms with Crippen molar-refractivity contribution in [2.75, 3.05) is 18.0 Å². The van der Waals surface area contributed by atoms with Crippen LogP contribution in [-0.2, 0) is 7.05 Å². The number of anilines is 1. The molecule has 1 atom stereocenters. The molecule has 4 aromatic rings. The molecule has 0 unspecified atom stereocenters. The van der Waals surface area contributed by atoms with E-state index in [9.17, 15) is 9.18 Å². The van der Waals surface area contributed by atoms with Gasteiger partial charge in [-0.1, -0.05) is 0 Å². The highest BCUT2D eigenvalue weighted by atomic mass is 32.1. The molecule has 1 N–H and O–H groups in total. The fourth-order valence-corrected chi connectivity index (χ4v) is 5.24. The van der Waals surface area contributed by atoms with E-state index in [1.807, 2.05) is 30.8 Å². The van der Waals surface area contributed by atoms with Crippen molar-refractivity contribution in [2.24, 2.45) is 7.05 Å². The van der Waals surface area contributed by atoms with Gasteiger partial charge in [-0.05, 0) is 50.1 Å². The Labute approximate surface area is 183 Å². The molecule has 31 heavy (non-hydrogen) atoms. The molecule has 0 spiro atoms. The Balaban J connectivity index is 1.36. The van der Waals surface area contributed by atoms with Gasteiger partial charge in [0.1, 0.15) is 16.5 Å². The lowest BCUT2D eigenvalue weighted by molar-refractivity contribution is 0.0937. The van der Waals surface area contributed by atoms with Gasteiger partial charge in [0.05, 0.1) is 22.5 Å². The van der Waals surface area contributed by atoms with Crippen LogP contribution in [0, 0.1) is 12.7 Å². The molecule has 160 valence electrons. The zero-order valence-electron chi connectivity index (χ0n) is 17.4. The number of piperidine rings is 1. The number of rotatable bonds is 4. The lowest BCUT2D eigenvalue weighted by Crippen LogP contribution is -2.48. The molecule has 7 nitrogen and oxygen atoms in total. The normalized spacial score (nSPS) is 16.7. The van der Waals surface area contributed by atoms with Crippen molar-refractivity contribution in [3.05, 3.63) is 59.0 Å². The summed E-state index contributed by atoms with van der Waals surface area (Å²) < 4.78 is 16.9. The van der Waals surface area contributed by atoms with E-state index >= 15 is 0 Å². The molecule has 1 amide bonds. The Morgan fingerprint density at radius 2 is 2.06 bits per heavy atom. The number of fused-ring (bicyclic) bond motifs is 1. The lowest BCUT2D eigenvalue weighted by Gasteiger charge is -2.34. The number of halogens is 1. The Morgan fingerprint density at radius 3 is 2.81 bits per heavy atom. The zero-order chi connectivity index (χ0) is 21.5. The lowest BCUT2D eigenvalue weighted by atomic mass is 10.1. The van der Waals surface area contributed by atoms with Gasteiger partial charge < -0.3 is 10.2 Å². The summed E-state index contributed by atoms with van der Waals surface area (Å²) in [6.07, 6.45) is 3.76. The monoisotopic (exact) mass is 438 g/mol. The van der Waals surface area contributed by atoms with E-state index in [0.29, 0.717) is 4.88 Å². The predicted octanol–water partition coefficient (Wildman–Crippen LogP) is 3.67. The van der Waals surface area contributed by atoms with E-state index in [-0.39, 0.29) is 17.8 Å². The van der Waals surface area contributed by atoms with Crippen LogP contribution < -0.4 is 10.2 Å². The molecular weight excluding hydrogens is 415 g/mol. The number of carbonyl (C=O) groups is 1.